The first-order chi connectivity index (χ1) is 15.8. The summed E-state index contributed by atoms with van der Waals surface area (Å²) in [4.78, 5) is 10.3. The van der Waals surface area contributed by atoms with E-state index in [1.54, 1.807) is 6.08 Å². The van der Waals surface area contributed by atoms with Crippen LogP contribution in [0.25, 0.3) is 0 Å². The van der Waals surface area contributed by atoms with Crippen LogP contribution in [-0.2, 0) is 4.79 Å². The number of hydrogen-bond donors (Lipinski definition) is 1. The molecule has 0 atom stereocenters. The van der Waals surface area contributed by atoms with Gasteiger partial charge in [-0.3, -0.25) is 0 Å². The van der Waals surface area contributed by atoms with Crippen molar-refractivity contribution in [1.82, 2.24) is 0 Å². The molecule has 188 valence electrons. The number of carboxylic acid groups (broad SMARTS) is 1. The zero-order valence-electron chi connectivity index (χ0n) is 21.6. The van der Waals surface area contributed by atoms with Crippen LogP contribution >= 0.6 is 0 Å². The second-order valence-electron chi connectivity index (χ2n) is 9.69. The van der Waals surface area contributed by atoms with Crippen molar-refractivity contribution in [2.24, 2.45) is 0 Å². The second-order valence-corrected chi connectivity index (χ2v) is 9.69. The fraction of sp³-hybridized carbons (Fsp3) is 0.833. The molecular formula is C30H56O2. The van der Waals surface area contributed by atoms with E-state index in [9.17, 15) is 4.79 Å². The van der Waals surface area contributed by atoms with Crippen LogP contribution in [0, 0.1) is 0 Å². The number of rotatable bonds is 26. The van der Waals surface area contributed by atoms with E-state index in [4.69, 9.17) is 5.11 Å². The predicted molar refractivity (Wildman–Crippen MR) is 142 cm³/mol. The lowest BCUT2D eigenvalue weighted by Gasteiger charge is -2.04. The van der Waals surface area contributed by atoms with Crippen LogP contribution in [0.5, 0.6) is 0 Å². The van der Waals surface area contributed by atoms with Crippen molar-refractivity contribution >= 4 is 5.97 Å². The summed E-state index contributed by atoms with van der Waals surface area (Å²) in [6, 6.07) is 0. The summed E-state index contributed by atoms with van der Waals surface area (Å²) < 4.78 is 0. The highest BCUT2D eigenvalue weighted by Gasteiger charge is 1.96. The SMILES string of the molecule is CCCCCCCCCCCCCCCCCCCCCCCCC/C=C/C=C/C(=O)O. The third kappa shape index (κ3) is 28.9. The summed E-state index contributed by atoms with van der Waals surface area (Å²) in [5.74, 6) is -0.880. The number of carbonyl (C=O) groups is 1. The fourth-order valence-corrected chi connectivity index (χ4v) is 4.36. The molecule has 0 radical (unpaired) electrons. The highest BCUT2D eigenvalue weighted by Crippen LogP contribution is 2.15. The van der Waals surface area contributed by atoms with Gasteiger partial charge in [-0.2, -0.15) is 0 Å². The van der Waals surface area contributed by atoms with Crippen LogP contribution in [0.15, 0.2) is 24.3 Å². The Balaban J connectivity index is 3.07. The molecule has 0 unspecified atom stereocenters. The van der Waals surface area contributed by atoms with Crippen molar-refractivity contribution in [3.8, 4) is 0 Å². The van der Waals surface area contributed by atoms with E-state index in [0.29, 0.717) is 0 Å². The molecule has 32 heavy (non-hydrogen) atoms. The number of aliphatic carboxylic acids is 1. The highest BCUT2D eigenvalue weighted by atomic mass is 16.4. The van der Waals surface area contributed by atoms with Gasteiger partial charge in [0.1, 0.15) is 0 Å². The van der Waals surface area contributed by atoms with E-state index in [-0.39, 0.29) is 0 Å². The van der Waals surface area contributed by atoms with Gasteiger partial charge < -0.3 is 5.11 Å². The molecule has 0 fully saturated rings. The summed E-state index contributed by atoms with van der Waals surface area (Å²) in [5, 5.41) is 8.49. The molecule has 0 aliphatic heterocycles. The lowest BCUT2D eigenvalue weighted by molar-refractivity contribution is -0.131. The zero-order valence-corrected chi connectivity index (χ0v) is 21.6. The second kappa shape index (κ2) is 28.0. The quantitative estimate of drug-likeness (QED) is 0.0811. The van der Waals surface area contributed by atoms with Crippen molar-refractivity contribution in [2.45, 2.75) is 161 Å². The summed E-state index contributed by atoms with van der Waals surface area (Å²) >= 11 is 0. The highest BCUT2D eigenvalue weighted by molar-refractivity contribution is 5.80. The van der Waals surface area contributed by atoms with Crippen molar-refractivity contribution in [2.75, 3.05) is 0 Å². The van der Waals surface area contributed by atoms with Gasteiger partial charge in [-0.05, 0) is 12.8 Å². The molecule has 2 heteroatoms. The van der Waals surface area contributed by atoms with Crippen LogP contribution in [0.3, 0.4) is 0 Å². The molecular weight excluding hydrogens is 392 g/mol. The van der Waals surface area contributed by atoms with Gasteiger partial charge in [-0.25, -0.2) is 4.79 Å². The fourth-order valence-electron chi connectivity index (χ4n) is 4.36. The summed E-state index contributed by atoms with van der Waals surface area (Å²) in [7, 11) is 0. The third-order valence-corrected chi connectivity index (χ3v) is 6.46. The van der Waals surface area contributed by atoms with Gasteiger partial charge in [0, 0.05) is 6.08 Å². The van der Waals surface area contributed by atoms with Crippen LogP contribution in [-0.4, -0.2) is 11.1 Å². The van der Waals surface area contributed by atoms with E-state index >= 15 is 0 Å². The maximum Gasteiger partial charge on any atom is 0.328 e. The Morgan fingerprint density at radius 1 is 0.500 bits per heavy atom. The van der Waals surface area contributed by atoms with Gasteiger partial charge in [0.05, 0.1) is 0 Å². The Hall–Kier alpha value is -1.05. The number of carboxylic acids is 1. The number of allylic oxidation sites excluding steroid dienone is 3. The van der Waals surface area contributed by atoms with E-state index in [1.165, 1.54) is 154 Å². The van der Waals surface area contributed by atoms with Crippen LogP contribution < -0.4 is 0 Å². The first-order valence-corrected chi connectivity index (χ1v) is 14.3. The van der Waals surface area contributed by atoms with Gasteiger partial charge >= 0.3 is 5.97 Å². The molecule has 0 aromatic rings. The standard InChI is InChI=1S/C30H56O2/c1-2-3-4-5-6-7-8-9-10-11-12-13-14-15-16-17-18-19-20-21-22-23-24-25-26-27-28-29-30(31)32/h26-29H,2-25H2,1H3,(H,31,32)/b27-26+,29-28+. The Morgan fingerprint density at radius 2 is 0.812 bits per heavy atom. The molecule has 0 heterocycles. The van der Waals surface area contributed by atoms with Crippen molar-refractivity contribution in [3.05, 3.63) is 24.3 Å². The number of unbranched alkanes of at least 4 members (excludes halogenated alkanes) is 23. The summed E-state index contributed by atoms with van der Waals surface area (Å²) in [5.41, 5.74) is 0. The average Bonchev–Trinajstić information content (AvgIpc) is 2.78. The molecule has 0 rings (SSSR count). The molecule has 2 nitrogen and oxygen atoms in total. The summed E-state index contributed by atoms with van der Waals surface area (Å²) in [6.45, 7) is 2.29. The molecule has 0 amide bonds. The van der Waals surface area contributed by atoms with Crippen molar-refractivity contribution < 1.29 is 9.90 Å². The minimum Gasteiger partial charge on any atom is -0.478 e. The van der Waals surface area contributed by atoms with E-state index in [0.717, 1.165) is 6.42 Å². The average molecular weight is 449 g/mol. The zero-order chi connectivity index (χ0) is 23.4. The van der Waals surface area contributed by atoms with Crippen LogP contribution in [0.4, 0.5) is 0 Å². The lowest BCUT2D eigenvalue weighted by atomic mass is 10.0. The molecule has 1 N–H and O–H groups in total. The Morgan fingerprint density at radius 3 is 1.12 bits per heavy atom. The first kappa shape index (κ1) is 30.9. The minimum absolute atomic E-state index is 0.880. The lowest BCUT2D eigenvalue weighted by Crippen LogP contribution is -1.84. The Bertz CT molecular complexity index is 425. The largest absolute Gasteiger partial charge is 0.478 e. The van der Waals surface area contributed by atoms with Crippen molar-refractivity contribution in [3.63, 3.8) is 0 Å². The molecule has 0 aromatic carbocycles. The number of hydrogen-bond acceptors (Lipinski definition) is 1. The van der Waals surface area contributed by atoms with Gasteiger partial charge in [0.2, 0.25) is 0 Å². The molecule has 0 saturated carbocycles. The third-order valence-electron chi connectivity index (χ3n) is 6.46. The maximum absolute atomic E-state index is 10.3. The molecule has 0 aliphatic rings. The monoisotopic (exact) mass is 448 g/mol. The van der Waals surface area contributed by atoms with E-state index in [1.807, 2.05) is 6.08 Å². The molecule has 0 aromatic heterocycles. The Kier molecular flexibility index (Phi) is 27.1. The van der Waals surface area contributed by atoms with Gasteiger partial charge in [-0.15, -0.1) is 0 Å². The topological polar surface area (TPSA) is 37.3 Å². The first-order valence-electron chi connectivity index (χ1n) is 14.3. The van der Waals surface area contributed by atoms with E-state index in [2.05, 4.69) is 13.0 Å². The maximum atomic E-state index is 10.3. The van der Waals surface area contributed by atoms with Gasteiger partial charge in [0.25, 0.3) is 0 Å². The van der Waals surface area contributed by atoms with Crippen molar-refractivity contribution in [1.29, 1.82) is 0 Å². The molecule has 0 saturated heterocycles. The van der Waals surface area contributed by atoms with Gasteiger partial charge in [0.15, 0.2) is 0 Å². The normalized spacial score (nSPS) is 11.8. The molecule has 0 aliphatic carbocycles. The predicted octanol–water partition coefficient (Wildman–Crippen LogP) is 10.6. The molecule has 0 spiro atoms. The summed E-state index contributed by atoms with van der Waals surface area (Å²) in [6.07, 6.45) is 40.4. The Labute approximate surface area is 201 Å². The van der Waals surface area contributed by atoms with Crippen LogP contribution in [0.2, 0.25) is 0 Å². The molecule has 0 bridgehead atoms. The smallest absolute Gasteiger partial charge is 0.328 e. The minimum atomic E-state index is -0.880. The van der Waals surface area contributed by atoms with Crippen LogP contribution in [0.1, 0.15) is 161 Å². The van der Waals surface area contributed by atoms with Gasteiger partial charge in [-0.1, -0.05) is 166 Å². The van der Waals surface area contributed by atoms with E-state index < -0.39 is 5.97 Å².